The molecule has 9 nitrogen and oxygen atoms in total. The molecule has 222 valence electrons. The lowest BCUT2D eigenvalue weighted by molar-refractivity contribution is -0.111. The molecule has 10 heteroatoms. The summed E-state index contributed by atoms with van der Waals surface area (Å²) < 4.78 is 11.8. The van der Waals surface area contributed by atoms with Crippen LogP contribution in [0.3, 0.4) is 0 Å². The first-order valence-electron chi connectivity index (χ1n) is 13.9. The van der Waals surface area contributed by atoms with E-state index in [4.69, 9.17) is 21.1 Å². The Labute approximate surface area is 257 Å². The summed E-state index contributed by atoms with van der Waals surface area (Å²) in [6, 6.07) is 15.0. The minimum Gasteiger partial charge on any atom is -0.492 e. The van der Waals surface area contributed by atoms with Crippen LogP contribution < -0.4 is 20.1 Å². The second kappa shape index (κ2) is 14.5. The van der Waals surface area contributed by atoms with E-state index in [1.54, 1.807) is 36.5 Å². The SMILES string of the molecule is CCOc1cc2ncc(C#N)c(Nc3ccc(OCc4ccnc(C(C)C)c4)c(Cl)c3)c2cc1NC(=O)/C=C/CN(C)C. The number of anilines is 3. The summed E-state index contributed by atoms with van der Waals surface area (Å²) >= 11 is 6.61. The number of amides is 1. The van der Waals surface area contributed by atoms with Crippen molar-refractivity contribution in [2.24, 2.45) is 0 Å². The maximum atomic E-state index is 12.7. The number of nitrogens with zero attached hydrogens (tertiary/aromatic N) is 4. The number of nitrogens with one attached hydrogen (secondary N) is 2. The zero-order valence-electron chi connectivity index (χ0n) is 24.9. The molecule has 4 rings (SSSR count). The standard InChI is InChI=1S/C33H35ClN6O3/c1-6-42-31-17-28-25(16-29(31)39-32(41)8-7-13-40(4)5)33(23(18-35)19-37-28)38-24-9-10-30(26(34)15-24)43-20-22-11-12-36-27(14-22)21(2)3/h7-12,14-17,19,21H,6,13,20H2,1-5H3,(H,37,38)(H,39,41)/b8-7+. The molecular formula is C33H35ClN6O3. The number of carbonyl (C=O) groups is 1. The summed E-state index contributed by atoms with van der Waals surface area (Å²) in [5.41, 5.74) is 4.57. The molecule has 0 atom stereocenters. The smallest absolute Gasteiger partial charge is 0.248 e. The van der Waals surface area contributed by atoms with E-state index in [1.807, 2.05) is 44.1 Å². The highest BCUT2D eigenvalue weighted by Crippen LogP contribution is 2.37. The van der Waals surface area contributed by atoms with E-state index >= 15 is 0 Å². The third-order valence-electron chi connectivity index (χ3n) is 6.42. The normalized spacial score (nSPS) is 11.2. The zero-order chi connectivity index (χ0) is 30.9. The van der Waals surface area contributed by atoms with Crippen molar-refractivity contribution in [3.05, 3.63) is 88.9 Å². The van der Waals surface area contributed by atoms with Crippen molar-refractivity contribution in [1.29, 1.82) is 5.26 Å². The number of benzene rings is 2. The van der Waals surface area contributed by atoms with E-state index in [9.17, 15) is 10.1 Å². The molecule has 0 aliphatic rings. The number of rotatable bonds is 12. The molecule has 2 N–H and O–H groups in total. The summed E-state index contributed by atoms with van der Waals surface area (Å²) in [5, 5.41) is 17.2. The molecule has 0 unspecified atom stereocenters. The number of likely N-dealkylation sites (N-methyl/N-ethyl adjacent to an activating group) is 1. The van der Waals surface area contributed by atoms with Gasteiger partial charge in [0.1, 0.15) is 24.2 Å². The van der Waals surface area contributed by atoms with Crippen LogP contribution >= 0.6 is 11.6 Å². The molecule has 2 aromatic heterocycles. The Bertz CT molecular complexity index is 1680. The summed E-state index contributed by atoms with van der Waals surface area (Å²) in [6.45, 7) is 7.44. The monoisotopic (exact) mass is 598 g/mol. The molecule has 0 bridgehead atoms. The topological polar surface area (TPSA) is 112 Å². The number of halogens is 1. The van der Waals surface area contributed by atoms with Crippen molar-refractivity contribution in [3.63, 3.8) is 0 Å². The van der Waals surface area contributed by atoms with Crippen LogP contribution in [-0.2, 0) is 11.4 Å². The van der Waals surface area contributed by atoms with E-state index in [0.29, 0.717) is 75.7 Å². The molecular weight excluding hydrogens is 564 g/mol. The number of aromatic nitrogens is 2. The quantitative estimate of drug-likeness (QED) is 0.167. The van der Waals surface area contributed by atoms with Gasteiger partial charge in [-0.05, 0) is 68.9 Å². The summed E-state index contributed by atoms with van der Waals surface area (Å²) in [5.74, 6) is 1.03. The second-order valence-electron chi connectivity index (χ2n) is 10.4. The summed E-state index contributed by atoms with van der Waals surface area (Å²) in [6.07, 6.45) is 6.54. The Balaban J connectivity index is 1.61. The van der Waals surface area contributed by atoms with Gasteiger partial charge in [-0.2, -0.15) is 5.26 Å². The van der Waals surface area contributed by atoms with Gasteiger partial charge in [0.15, 0.2) is 0 Å². The van der Waals surface area contributed by atoms with Crippen LogP contribution in [-0.4, -0.2) is 48.0 Å². The summed E-state index contributed by atoms with van der Waals surface area (Å²) in [7, 11) is 3.84. The van der Waals surface area contributed by atoms with Crippen molar-refractivity contribution in [2.75, 3.05) is 37.9 Å². The van der Waals surface area contributed by atoms with Crippen LogP contribution in [0.4, 0.5) is 17.1 Å². The maximum Gasteiger partial charge on any atom is 0.248 e. The van der Waals surface area contributed by atoms with Crippen LogP contribution in [0.15, 0.2) is 67.0 Å². The number of pyridine rings is 2. The van der Waals surface area contributed by atoms with Crippen molar-refractivity contribution in [3.8, 4) is 17.6 Å². The Morgan fingerprint density at radius 2 is 1.93 bits per heavy atom. The van der Waals surface area contributed by atoms with Crippen LogP contribution in [0.1, 0.15) is 43.5 Å². The molecule has 0 radical (unpaired) electrons. The van der Waals surface area contributed by atoms with Crippen LogP contribution in [0, 0.1) is 11.3 Å². The average Bonchev–Trinajstić information content (AvgIpc) is 2.97. The largest absolute Gasteiger partial charge is 0.492 e. The number of ether oxygens (including phenoxy) is 2. The van der Waals surface area contributed by atoms with Crippen LogP contribution in [0.25, 0.3) is 10.9 Å². The fourth-order valence-electron chi connectivity index (χ4n) is 4.26. The first-order valence-corrected chi connectivity index (χ1v) is 14.3. The van der Waals surface area contributed by atoms with Crippen molar-refractivity contribution >= 4 is 45.5 Å². The molecule has 2 aromatic carbocycles. The zero-order valence-corrected chi connectivity index (χ0v) is 25.7. The predicted molar refractivity (Wildman–Crippen MR) is 171 cm³/mol. The lowest BCUT2D eigenvalue weighted by Crippen LogP contribution is -2.13. The van der Waals surface area contributed by atoms with Crippen LogP contribution in [0.2, 0.25) is 5.02 Å². The summed E-state index contributed by atoms with van der Waals surface area (Å²) in [4.78, 5) is 23.5. The van der Waals surface area contributed by atoms with Crippen LogP contribution in [0.5, 0.6) is 11.5 Å². The Kier molecular flexibility index (Phi) is 10.5. The Morgan fingerprint density at radius 1 is 1.12 bits per heavy atom. The molecule has 0 fully saturated rings. The highest BCUT2D eigenvalue weighted by Gasteiger charge is 2.16. The molecule has 1 amide bonds. The van der Waals surface area contributed by atoms with E-state index in [1.165, 1.54) is 12.3 Å². The fraction of sp³-hybridized carbons (Fsp3) is 0.273. The lowest BCUT2D eigenvalue weighted by atomic mass is 10.1. The highest BCUT2D eigenvalue weighted by molar-refractivity contribution is 6.32. The highest BCUT2D eigenvalue weighted by atomic mass is 35.5. The fourth-order valence-corrected chi connectivity index (χ4v) is 4.49. The molecule has 0 aliphatic carbocycles. The molecule has 0 saturated heterocycles. The van der Waals surface area contributed by atoms with Crippen molar-refractivity contribution in [1.82, 2.24) is 14.9 Å². The van der Waals surface area contributed by atoms with E-state index in [-0.39, 0.29) is 5.91 Å². The minimum absolute atomic E-state index is 0.296. The third kappa shape index (κ3) is 8.22. The Morgan fingerprint density at radius 3 is 2.63 bits per heavy atom. The van der Waals surface area contributed by atoms with E-state index < -0.39 is 0 Å². The number of hydrogen-bond donors (Lipinski definition) is 2. The molecule has 0 saturated carbocycles. The number of hydrogen-bond acceptors (Lipinski definition) is 8. The molecule has 2 heterocycles. The number of carbonyl (C=O) groups excluding carboxylic acids is 1. The van der Waals surface area contributed by atoms with E-state index in [2.05, 4.69) is 40.5 Å². The third-order valence-corrected chi connectivity index (χ3v) is 6.72. The van der Waals surface area contributed by atoms with Crippen molar-refractivity contribution in [2.45, 2.75) is 33.3 Å². The maximum absolute atomic E-state index is 12.7. The first kappa shape index (κ1) is 31.3. The van der Waals surface area contributed by atoms with Gasteiger partial charge in [-0.25, -0.2) is 0 Å². The lowest BCUT2D eigenvalue weighted by Gasteiger charge is -2.16. The molecule has 0 aliphatic heterocycles. The van der Waals surface area contributed by atoms with Gasteiger partial charge in [-0.15, -0.1) is 0 Å². The predicted octanol–water partition coefficient (Wildman–Crippen LogP) is 7.06. The van der Waals surface area contributed by atoms with E-state index in [0.717, 1.165) is 11.3 Å². The first-order chi connectivity index (χ1) is 20.7. The van der Waals surface area contributed by atoms with Gasteiger partial charge in [0, 0.05) is 47.8 Å². The Hall–Kier alpha value is -4.65. The van der Waals surface area contributed by atoms with Gasteiger partial charge >= 0.3 is 0 Å². The molecule has 0 spiro atoms. The second-order valence-corrected chi connectivity index (χ2v) is 10.8. The van der Waals surface area contributed by atoms with Gasteiger partial charge in [-0.1, -0.05) is 31.5 Å². The van der Waals surface area contributed by atoms with Gasteiger partial charge < -0.3 is 25.0 Å². The molecule has 4 aromatic rings. The van der Waals surface area contributed by atoms with Gasteiger partial charge in [0.25, 0.3) is 0 Å². The number of fused-ring (bicyclic) bond motifs is 1. The van der Waals surface area contributed by atoms with Crippen molar-refractivity contribution < 1.29 is 14.3 Å². The number of nitriles is 1. The van der Waals surface area contributed by atoms with Gasteiger partial charge in [-0.3, -0.25) is 14.8 Å². The van der Waals surface area contributed by atoms with Gasteiger partial charge in [0.2, 0.25) is 5.91 Å². The van der Waals surface area contributed by atoms with Gasteiger partial charge in [0.05, 0.1) is 34.1 Å². The minimum atomic E-state index is -0.296. The molecule has 43 heavy (non-hydrogen) atoms. The average molecular weight is 599 g/mol.